The first-order valence-electron chi connectivity index (χ1n) is 5.72. The van der Waals surface area contributed by atoms with E-state index in [0.717, 1.165) is 32.4 Å². The molecule has 0 aromatic rings. The van der Waals surface area contributed by atoms with Gasteiger partial charge in [-0.1, -0.05) is 6.92 Å². The molecule has 1 amide bonds. The van der Waals surface area contributed by atoms with Gasteiger partial charge in [-0.3, -0.25) is 4.79 Å². The predicted octanol–water partition coefficient (Wildman–Crippen LogP) is 0.511. The van der Waals surface area contributed by atoms with Crippen molar-refractivity contribution in [2.75, 3.05) is 26.7 Å². The first kappa shape index (κ1) is 14.4. The van der Waals surface area contributed by atoms with Gasteiger partial charge in [-0.05, 0) is 38.3 Å². The largest absolute Gasteiger partial charge is 0.396 e. The number of carbonyl (C=O) groups excluding carboxylic acids is 1. The number of hydrogen-bond acceptors (Lipinski definition) is 3. The van der Waals surface area contributed by atoms with Gasteiger partial charge in [0.2, 0.25) is 5.91 Å². The minimum absolute atomic E-state index is 0.103. The number of aliphatic hydroxyl groups is 1. The van der Waals surface area contributed by atoms with Gasteiger partial charge in [-0.15, -0.1) is 0 Å². The van der Waals surface area contributed by atoms with E-state index >= 15 is 0 Å². The standard InChI is InChI=1S/C11H24N2O2/c1-10(9-14)5-3-7-13-8-4-6-11(15)12-2/h10,13-14H,3-9H2,1-2H3,(H,12,15). The molecule has 3 N–H and O–H groups in total. The van der Waals surface area contributed by atoms with Crippen molar-refractivity contribution in [3.05, 3.63) is 0 Å². The molecule has 0 aromatic heterocycles. The van der Waals surface area contributed by atoms with Crippen molar-refractivity contribution >= 4 is 5.91 Å². The van der Waals surface area contributed by atoms with E-state index in [1.54, 1.807) is 7.05 Å². The molecule has 0 aliphatic heterocycles. The van der Waals surface area contributed by atoms with E-state index < -0.39 is 0 Å². The third kappa shape index (κ3) is 9.69. The molecule has 0 aliphatic carbocycles. The maximum atomic E-state index is 10.9. The van der Waals surface area contributed by atoms with Crippen molar-refractivity contribution in [3.8, 4) is 0 Å². The highest BCUT2D eigenvalue weighted by Crippen LogP contribution is 2.02. The third-order valence-corrected chi connectivity index (χ3v) is 2.40. The van der Waals surface area contributed by atoms with Gasteiger partial charge in [-0.25, -0.2) is 0 Å². The van der Waals surface area contributed by atoms with Crippen LogP contribution in [0.4, 0.5) is 0 Å². The Kier molecular flexibility index (Phi) is 9.52. The average Bonchev–Trinajstić information content (AvgIpc) is 2.26. The fourth-order valence-corrected chi connectivity index (χ4v) is 1.29. The van der Waals surface area contributed by atoms with E-state index in [4.69, 9.17) is 5.11 Å². The molecule has 0 spiro atoms. The van der Waals surface area contributed by atoms with Gasteiger partial charge < -0.3 is 15.7 Å². The Bertz CT molecular complexity index is 163. The zero-order valence-corrected chi connectivity index (χ0v) is 9.88. The summed E-state index contributed by atoms with van der Waals surface area (Å²) in [5.41, 5.74) is 0. The first-order chi connectivity index (χ1) is 7.20. The molecule has 0 aromatic carbocycles. The van der Waals surface area contributed by atoms with Crippen LogP contribution in [0, 0.1) is 5.92 Å². The van der Waals surface area contributed by atoms with Crippen molar-refractivity contribution in [1.82, 2.24) is 10.6 Å². The smallest absolute Gasteiger partial charge is 0.219 e. The molecule has 1 unspecified atom stereocenters. The second-order valence-electron chi connectivity index (χ2n) is 3.96. The van der Waals surface area contributed by atoms with Crippen LogP contribution in [0.15, 0.2) is 0 Å². The summed E-state index contributed by atoms with van der Waals surface area (Å²) in [6.45, 7) is 4.18. The fraction of sp³-hybridized carbons (Fsp3) is 0.909. The highest BCUT2D eigenvalue weighted by Gasteiger charge is 1.99. The van der Waals surface area contributed by atoms with Crippen LogP contribution in [-0.4, -0.2) is 37.8 Å². The molecular formula is C11H24N2O2. The van der Waals surface area contributed by atoms with E-state index in [9.17, 15) is 4.79 Å². The van der Waals surface area contributed by atoms with Gasteiger partial charge in [0.25, 0.3) is 0 Å². The van der Waals surface area contributed by atoms with Crippen LogP contribution in [-0.2, 0) is 4.79 Å². The summed E-state index contributed by atoms with van der Waals surface area (Å²) < 4.78 is 0. The molecule has 90 valence electrons. The molecule has 0 rings (SSSR count). The number of carbonyl (C=O) groups is 1. The molecule has 0 radical (unpaired) electrons. The number of hydrogen-bond donors (Lipinski definition) is 3. The van der Waals surface area contributed by atoms with E-state index in [2.05, 4.69) is 10.6 Å². The maximum absolute atomic E-state index is 10.9. The molecule has 0 bridgehead atoms. The van der Waals surface area contributed by atoms with Crippen LogP contribution < -0.4 is 10.6 Å². The lowest BCUT2D eigenvalue weighted by atomic mass is 10.1. The number of amides is 1. The topological polar surface area (TPSA) is 61.4 Å². The quantitative estimate of drug-likeness (QED) is 0.492. The molecule has 15 heavy (non-hydrogen) atoms. The highest BCUT2D eigenvalue weighted by molar-refractivity contribution is 5.75. The van der Waals surface area contributed by atoms with Crippen LogP contribution in [0.2, 0.25) is 0 Å². The van der Waals surface area contributed by atoms with Crippen LogP contribution >= 0.6 is 0 Å². The van der Waals surface area contributed by atoms with Crippen molar-refractivity contribution in [2.45, 2.75) is 32.6 Å². The van der Waals surface area contributed by atoms with E-state index in [-0.39, 0.29) is 12.5 Å². The lowest BCUT2D eigenvalue weighted by molar-refractivity contribution is -0.120. The molecule has 0 aliphatic rings. The summed E-state index contributed by atoms with van der Waals surface area (Å²) >= 11 is 0. The Labute approximate surface area is 92.4 Å². The van der Waals surface area contributed by atoms with Crippen LogP contribution in [0.1, 0.15) is 32.6 Å². The van der Waals surface area contributed by atoms with Crippen molar-refractivity contribution in [2.24, 2.45) is 5.92 Å². The van der Waals surface area contributed by atoms with Crippen LogP contribution in [0.3, 0.4) is 0 Å². The number of rotatable bonds is 9. The minimum Gasteiger partial charge on any atom is -0.396 e. The Morgan fingerprint density at radius 1 is 1.33 bits per heavy atom. The number of aliphatic hydroxyl groups excluding tert-OH is 1. The third-order valence-electron chi connectivity index (χ3n) is 2.40. The fourth-order valence-electron chi connectivity index (χ4n) is 1.29. The molecule has 0 saturated heterocycles. The summed E-state index contributed by atoms with van der Waals surface area (Å²) in [6, 6.07) is 0. The van der Waals surface area contributed by atoms with Gasteiger partial charge in [0.05, 0.1) is 0 Å². The van der Waals surface area contributed by atoms with Crippen molar-refractivity contribution in [1.29, 1.82) is 0 Å². The Hall–Kier alpha value is -0.610. The summed E-state index contributed by atoms with van der Waals surface area (Å²) in [5, 5.41) is 14.7. The maximum Gasteiger partial charge on any atom is 0.219 e. The SMILES string of the molecule is CNC(=O)CCCNCCCC(C)CO. The van der Waals surface area contributed by atoms with Crippen molar-refractivity contribution < 1.29 is 9.90 Å². The summed E-state index contributed by atoms with van der Waals surface area (Å²) in [6.07, 6.45) is 3.62. The summed E-state index contributed by atoms with van der Waals surface area (Å²) in [5.74, 6) is 0.503. The summed E-state index contributed by atoms with van der Waals surface area (Å²) in [4.78, 5) is 10.9. The first-order valence-corrected chi connectivity index (χ1v) is 5.72. The molecule has 0 fully saturated rings. The van der Waals surface area contributed by atoms with E-state index in [1.807, 2.05) is 6.92 Å². The van der Waals surface area contributed by atoms with Crippen LogP contribution in [0.5, 0.6) is 0 Å². The van der Waals surface area contributed by atoms with E-state index in [0.29, 0.717) is 12.3 Å². The zero-order chi connectivity index (χ0) is 11.5. The van der Waals surface area contributed by atoms with E-state index in [1.165, 1.54) is 0 Å². The summed E-state index contributed by atoms with van der Waals surface area (Å²) in [7, 11) is 1.66. The van der Waals surface area contributed by atoms with Gasteiger partial charge in [0.15, 0.2) is 0 Å². The lowest BCUT2D eigenvalue weighted by Gasteiger charge is -2.08. The molecule has 4 heteroatoms. The van der Waals surface area contributed by atoms with Gasteiger partial charge >= 0.3 is 0 Å². The second kappa shape index (κ2) is 9.93. The van der Waals surface area contributed by atoms with Crippen LogP contribution in [0.25, 0.3) is 0 Å². The predicted molar refractivity (Wildman–Crippen MR) is 61.7 cm³/mol. The Morgan fingerprint density at radius 3 is 2.60 bits per heavy atom. The highest BCUT2D eigenvalue weighted by atomic mass is 16.3. The molecule has 0 saturated carbocycles. The number of nitrogens with one attached hydrogen (secondary N) is 2. The second-order valence-corrected chi connectivity index (χ2v) is 3.96. The normalized spacial score (nSPS) is 12.5. The van der Waals surface area contributed by atoms with Gasteiger partial charge in [-0.2, -0.15) is 0 Å². The Balaban J connectivity index is 3.08. The van der Waals surface area contributed by atoms with Crippen molar-refractivity contribution in [3.63, 3.8) is 0 Å². The minimum atomic E-state index is 0.103. The lowest BCUT2D eigenvalue weighted by Crippen LogP contribution is -2.22. The molecular weight excluding hydrogens is 192 g/mol. The molecule has 0 heterocycles. The Morgan fingerprint density at radius 2 is 2.00 bits per heavy atom. The van der Waals surface area contributed by atoms with Gasteiger partial charge in [0.1, 0.15) is 0 Å². The zero-order valence-electron chi connectivity index (χ0n) is 9.88. The monoisotopic (exact) mass is 216 g/mol. The molecule has 4 nitrogen and oxygen atoms in total. The van der Waals surface area contributed by atoms with Gasteiger partial charge in [0, 0.05) is 20.1 Å². The average molecular weight is 216 g/mol. The molecule has 1 atom stereocenters.